The number of carbonyl (C=O) groups is 1. The summed E-state index contributed by atoms with van der Waals surface area (Å²) in [6, 6.07) is 11.5. The first-order valence-corrected chi connectivity index (χ1v) is 13.2. The van der Waals surface area contributed by atoms with Crippen LogP contribution in [0.3, 0.4) is 0 Å². The molecule has 2 aromatic heterocycles. The van der Waals surface area contributed by atoms with Crippen LogP contribution >= 0.6 is 0 Å². The van der Waals surface area contributed by atoms with Gasteiger partial charge in [-0.1, -0.05) is 6.92 Å². The molecule has 2 N–H and O–H groups in total. The maximum atomic E-state index is 12.4. The Kier molecular flexibility index (Phi) is 5.11. The van der Waals surface area contributed by atoms with Crippen LogP contribution < -0.4 is 20.3 Å². The first kappa shape index (κ1) is 22.5. The first-order valence-electron chi connectivity index (χ1n) is 13.2. The second-order valence-corrected chi connectivity index (χ2v) is 10.6. The van der Waals surface area contributed by atoms with Gasteiger partial charge in [-0.2, -0.15) is 0 Å². The first-order chi connectivity index (χ1) is 18.0. The number of ether oxygens (including phenoxy) is 1. The number of hydrogen-bond acceptors (Lipinski definition) is 8. The van der Waals surface area contributed by atoms with Crippen LogP contribution in [0.15, 0.2) is 42.7 Å². The number of likely N-dealkylation sites (N-methyl/N-ethyl adjacent to an activating group) is 1. The van der Waals surface area contributed by atoms with Crippen molar-refractivity contribution in [3.63, 3.8) is 0 Å². The van der Waals surface area contributed by atoms with Gasteiger partial charge in [0.15, 0.2) is 17.2 Å². The average Bonchev–Trinajstić information content (AvgIpc) is 3.48. The average molecular weight is 498 g/mol. The predicted molar refractivity (Wildman–Crippen MR) is 142 cm³/mol. The van der Waals surface area contributed by atoms with Crippen LogP contribution in [0, 0.1) is 6.92 Å². The zero-order valence-corrected chi connectivity index (χ0v) is 21.2. The normalized spacial score (nSPS) is 23.4. The fraction of sp³-hybridized carbons (Fsp3) is 0.429. The van der Waals surface area contributed by atoms with E-state index in [1.165, 1.54) is 17.7 Å². The molecule has 0 radical (unpaired) electrons. The Labute approximate surface area is 216 Å². The predicted octanol–water partition coefficient (Wildman–Crippen LogP) is 4.13. The highest BCUT2D eigenvalue weighted by atomic mass is 16.5. The zero-order chi connectivity index (χ0) is 25.1. The van der Waals surface area contributed by atoms with E-state index in [0.29, 0.717) is 29.6 Å². The monoisotopic (exact) mass is 497 g/mol. The van der Waals surface area contributed by atoms with Gasteiger partial charge < -0.3 is 20.3 Å². The van der Waals surface area contributed by atoms with Gasteiger partial charge in [0.05, 0.1) is 5.69 Å². The van der Waals surface area contributed by atoms with Gasteiger partial charge in [-0.05, 0) is 75.0 Å². The van der Waals surface area contributed by atoms with E-state index >= 15 is 0 Å². The molecule has 2 unspecified atom stereocenters. The number of piperazine rings is 1. The van der Waals surface area contributed by atoms with Crippen LogP contribution in [0.5, 0.6) is 5.75 Å². The van der Waals surface area contributed by atoms with Crippen molar-refractivity contribution in [1.29, 1.82) is 0 Å². The number of anilines is 4. The van der Waals surface area contributed by atoms with Crippen LogP contribution in [-0.2, 0) is 4.79 Å². The van der Waals surface area contributed by atoms with Crippen molar-refractivity contribution < 1.29 is 9.53 Å². The number of rotatable bonds is 5. The number of nitrogens with one attached hydrogen (secondary N) is 2. The van der Waals surface area contributed by atoms with Gasteiger partial charge >= 0.3 is 0 Å². The number of fused-ring (bicyclic) bond motifs is 3. The summed E-state index contributed by atoms with van der Waals surface area (Å²) in [6.45, 7) is 7.85. The SMILES string of the molecule is CCN1CC2CC1CN2c1ccc(Nc2nccc(-c3cnc4c(c3)OC3(CCC3)C(=O)N4)n2)cc1C. The molecular weight excluding hydrogens is 466 g/mol. The van der Waals surface area contributed by atoms with E-state index < -0.39 is 5.60 Å². The van der Waals surface area contributed by atoms with E-state index in [1.807, 2.05) is 12.1 Å². The molecule has 1 aliphatic carbocycles. The van der Waals surface area contributed by atoms with Gasteiger partial charge in [-0.15, -0.1) is 0 Å². The second-order valence-electron chi connectivity index (χ2n) is 10.6. The summed E-state index contributed by atoms with van der Waals surface area (Å²) in [4.78, 5) is 31.2. The summed E-state index contributed by atoms with van der Waals surface area (Å²) in [7, 11) is 0. The number of aryl methyl sites for hydroxylation is 1. The summed E-state index contributed by atoms with van der Waals surface area (Å²) in [5, 5.41) is 6.26. The van der Waals surface area contributed by atoms with Gasteiger partial charge in [0.2, 0.25) is 5.95 Å². The minimum absolute atomic E-state index is 0.0958. The number of likely N-dealkylation sites (tertiary alicyclic amines) is 1. The van der Waals surface area contributed by atoms with E-state index in [4.69, 9.17) is 9.72 Å². The highest BCUT2D eigenvalue weighted by Gasteiger charge is 2.50. The van der Waals surface area contributed by atoms with Crippen molar-refractivity contribution in [2.45, 2.75) is 57.2 Å². The van der Waals surface area contributed by atoms with Crippen molar-refractivity contribution in [3.05, 3.63) is 48.3 Å². The van der Waals surface area contributed by atoms with Gasteiger partial charge in [-0.25, -0.2) is 15.0 Å². The molecule has 1 amide bonds. The zero-order valence-electron chi connectivity index (χ0n) is 21.2. The van der Waals surface area contributed by atoms with E-state index in [2.05, 4.69) is 62.4 Å². The smallest absolute Gasteiger partial charge is 0.269 e. The van der Waals surface area contributed by atoms with Crippen molar-refractivity contribution >= 4 is 29.0 Å². The van der Waals surface area contributed by atoms with Crippen molar-refractivity contribution in [2.75, 3.05) is 35.2 Å². The Morgan fingerprint density at radius 1 is 1.16 bits per heavy atom. The number of benzene rings is 1. The molecule has 1 aromatic carbocycles. The molecule has 1 spiro atoms. The Balaban J connectivity index is 1.09. The van der Waals surface area contributed by atoms with E-state index in [0.717, 1.165) is 55.8 Å². The number of aromatic nitrogens is 3. The fourth-order valence-electron chi connectivity index (χ4n) is 6.26. The molecule has 3 aromatic rings. The second kappa shape index (κ2) is 8.41. The third-order valence-electron chi connectivity index (χ3n) is 8.44. The largest absolute Gasteiger partial charge is 0.474 e. The van der Waals surface area contributed by atoms with Crippen molar-refractivity contribution in [3.8, 4) is 17.0 Å². The quantitative estimate of drug-likeness (QED) is 0.543. The molecule has 9 nitrogen and oxygen atoms in total. The molecular formula is C28H31N7O2. The molecule has 190 valence electrons. The lowest BCUT2D eigenvalue weighted by molar-refractivity contribution is -0.140. The van der Waals surface area contributed by atoms with Crippen LogP contribution in [0.2, 0.25) is 0 Å². The number of nitrogens with zero attached hydrogens (tertiary/aromatic N) is 5. The lowest BCUT2D eigenvalue weighted by Gasteiger charge is -2.42. The Morgan fingerprint density at radius 2 is 2.05 bits per heavy atom. The number of carbonyl (C=O) groups excluding carboxylic acids is 1. The van der Waals surface area contributed by atoms with Crippen LogP contribution in [0.1, 0.15) is 38.2 Å². The van der Waals surface area contributed by atoms with Crippen LogP contribution in [0.25, 0.3) is 11.3 Å². The molecule has 37 heavy (non-hydrogen) atoms. The maximum absolute atomic E-state index is 12.4. The van der Waals surface area contributed by atoms with Crippen LogP contribution in [0.4, 0.5) is 23.1 Å². The van der Waals surface area contributed by atoms with Crippen molar-refractivity contribution in [2.24, 2.45) is 0 Å². The molecule has 2 atom stereocenters. The maximum Gasteiger partial charge on any atom is 0.269 e. The standard InChI is InChI=1S/C28H31N7O2/c1-3-34-15-21-13-20(34)16-35(21)23-6-5-19(11-17(23)2)31-27-29-10-7-22(32-27)18-12-24-25(30-14-18)33-26(36)28(37-24)8-4-9-28/h5-7,10-12,14,20-21H,3-4,8-9,13,15-16H2,1-2H3,(H,29,31,32)(H,30,33,36). The third-order valence-corrected chi connectivity index (χ3v) is 8.44. The Bertz CT molecular complexity index is 1390. The fourth-order valence-corrected chi connectivity index (χ4v) is 6.26. The van der Waals surface area contributed by atoms with Gasteiger partial charge in [0, 0.05) is 54.5 Å². The van der Waals surface area contributed by atoms with Crippen LogP contribution in [-0.4, -0.2) is 63.1 Å². The van der Waals surface area contributed by atoms with Gasteiger partial charge in [0.1, 0.15) is 0 Å². The highest BCUT2D eigenvalue weighted by Crippen LogP contribution is 2.44. The Morgan fingerprint density at radius 3 is 2.78 bits per heavy atom. The van der Waals surface area contributed by atoms with E-state index in [-0.39, 0.29) is 5.91 Å². The van der Waals surface area contributed by atoms with Gasteiger partial charge in [-0.3, -0.25) is 9.69 Å². The summed E-state index contributed by atoms with van der Waals surface area (Å²) in [5.74, 6) is 1.48. The Hall–Kier alpha value is -3.72. The van der Waals surface area contributed by atoms with E-state index in [1.54, 1.807) is 12.4 Å². The summed E-state index contributed by atoms with van der Waals surface area (Å²) < 4.78 is 6.11. The molecule has 2 bridgehead atoms. The minimum atomic E-state index is -0.736. The summed E-state index contributed by atoms with van der Waals surface area (Å²) in [5.41, 5.74) is 4.34. The number of pyridine rings is 1. The molecule has 9 heteroatoms. The molecule has 1 saturated carbocycles. The topological polar surface area (TPSA) is 95.5 Å². The third kappa shape index (κ3) is 3.71. The summed E-state index contributed by atoms with van der Waals surface area (Å²) in [6.07, 6.45) is 7.17. The molecule has 5 heterocycles. The van der Waals surface area contributed by atoms with Gasteiger partial charge in [0.25, 0.3) is 5.91 Å². The molecule has 7 rings (SSSR count). The molecule has 2 saturated heterocycles. The summed E-state index contributed by atoms with van der Waals surface area (Å²) >= 11 is 0. The van der Waals surface area contributed by atoms with Crippen molar-refractivity contribution in [1.82, 2.24) is 19.9 Å². The van der Waals surface area contributed by atoms with E-state index in [9.17, 15) is 4.79 Å². The molecule has 3 aliphatic heterocycles. The number of hydrogen-bond donors (Lipinski definition) is 2. The minimum Gasteiger partial charge on any atom is -0.474 e. The molecule has 4 aliphatic rings. The highest BCUT2D eigenvalue weighted by molar-refractivity contribution is 6.00. The molecule has 3 fully saturated rings. The lowest BCUT2D eigenvalue weighted by Crippen LogP contribution is -2.55. The lowest BCUT2D eigenvalue weighted by atomic mass is 9.78. The number of amides is 1.